The van der Waals surface area contributed by atoms with E-state index in [1.807, 2.05) is 0 Å². The number of amides is 1. The van der Waals surface area contributed by atoms with E-state index in [-0.39, 0.29) is 22.9 Å². The first-order chi connectivity index (χ1) is 15.9. The molecular formula is C23H21FN2O7S. The zero-order chi connectivity index (χ0) is 25.0. The highest BCUT2D eigenvalue weighted by molar-refractivity contribution is 7.91. The van der Waals surface area contributed by atoms with Gasteiger partial charge in [-0.25, -0.2) is 17.6 Å². The SMILES string of the molecule is Cc1cc(NC(=O)C(=O)O)cc(C)c1Oc1ccc(O)c(NS(=O)(=O)Cc2ccc(F)cc2)c1. The Hall–Kier alpha value is -4.12. The molecule has 0 atom stereocenters. The second kappa shape index (κ2) is 9.79. The number of phenols is 1. The number of hydrogen-bond acceptors (Lipinski definition) is 6. The number of carbonyl (C=O) groups is 2. The molecule has 3 aromatic rings. The first kappa shape index (κ1) is 24.5. The van der Waals surface area contributed by atoms with Gasteiger partial charge in [0, 0.05) is 11.8 Å². The van der Waals surface area contributed by atoms with Crippen LogP contribution in [0.15, 0.2) is 54.6 Å². The number of aromatic hydroxyl groups is 1. The molecule has 4 N–H and O–H groups in total. The normalized spacial score (nSPS) is 11.0. The van der Waals surface area contributed by atoms with Crippen molar-refractivity contribution in [2.75, 3.05) is 10.0 Å². The summed E-state index contributed by atoms with van der Waals surface area (Å²) in [6, 6.07) is 12.1. The third-order valence-corrected chi connectivity index (χ3v) is 5.88. The summed E-state index contributed by atoms with van der Waals surface area (Å²) in [5.41, 5.74) is 1.68. The van der Waals surface area contributed by atoms with Gasteiger partial charge in [0.1, 0.15) is 23.1 Å². The van der Waals surface area contributed by atoms with Crippen LogP contribution >= 0.6 is 0 Å². The molecule has 0 radical (unpaired) electrons. The number of nitrogens with one attached hydrogen (secondary N) is 2. The Balaban J connectivity index is 1.80. The predicted molar refractivity (Wildman–Crippen MR) is 123 cm³/mol. The number of halogens is 1. The molecule has 0 aromatic heterocycles. The van der Waals surface area contributed by atoms with Crippen LogP contribution in [0, 0.1) is 19.7 Å². The van der Waals surface area contributed by atoms with Crippen molar-refractivity contribution in [1.29, 1.82) is 0 Å². The molecule has 0 saturated carbocycles. The van der Waals surface area contributed by atoms with E-state index in [1.165, 1.54) is 42.5 Å². The highest BCUT2D eigenvalue weighted by atomic mass is 32.2. The second-order valence-electron chi connectivity index (χ2n) is 7.47. The number of carboxylic acid groups (broad SMARTS) is 1. The summed E-state index contributed by atoms with van der Waals surface area (Å²) in [5.74, 6) is -3.42. The maximum atomic E-state index is 13.1. The van der Waals surface area contributed by atoms with Crippen molar-refractivity contribution in [2.24, 2.45) is 0 Å². The molecule has 11 heteroatoms. The van der Waals surface area contributed by atoms with E-state index in [9.17, 15) is 27.5 Å². The summed E-state index contributed by atoms with van der Waals surface area (Å²) in [7, 11) is -3.93. The second-order valence-corrected chi connectivity index (χ2v) is 9.19. The predicted octanol–water partition coefficient (Wildman–Crippen LogP) is 3.91. The van der Waals surface area contributed by atoms with Gasteiger partial charge in [-0.15, -0.1) is 0 Å². The lowest BCUT2D eigenvalue weighted by atomic mass is 10.1. The van der Waals surface area contributed by atoms with Crippen molar-refractivity contribution in [3.05, 3.63) is 77.1 Å². The number of benzene rings is 3. The first-order valence-corrected chi connectivity index (χ1v) is 11.5. The summed E-state index contributed by atoms with van der Waals surface area (Å²) in [4.78, 5) is 22.1. The smallest absolute Gasteiger partial charge is 0.394 e. The fourth-order valence-corrected chi connectivity index (χ4v) is 4.35. The van der Waals surface area contributed by atoms with Crippen molar-refractivity contribution < 1.29 is 37.3 Å². The maximum absolute atomic E-state index is 13.1. The van der Waals surface area contributed by atoms with Crippen molar-refractivity contribution >= 4 is 33.3 Å². The Morgan fingerprint density at radius 3 is 2.21 bits per heavy atom. The monoisotopic (exact) mass is 488 g/mol. The summed E-state index contributed by atoms with van der Waals surface area (Å²) in [5, 5.41) is 21.1. The molecule has 0 saturated heterocycles. The molecule has 3 rings (SSSR count). The van der Waals surface area contributed by atoms with E-state index in [0.29, 0.717) is 22.4 Å². The quantitative estimate of drug-likeness (QED) is 0.292. The fourth-order valence-electron chi connectivity index (χ4n) is 3.15. The topological polar surface area (TPSA) is 142 Å². The number of aryl methyl sites for hydroxylation is 2. The van der Waals surface area contributed by atoms with Crippen LogP contribution in [0.5, 0.6) is 17.2 Å². The van der Waals surface area contributed by atoms with Gasteiger partial charge in [0.2, 0.25) is 10.0 Å². The van der Waals surface area contributed by atoms with Gasteiger partial charge in [0.25, 0.3) is 0 Å². The molecule has 0 bridgehead atoms. The number of hydrogen-bond donors (Lipinski definition) is 4. The van der Waals surface area contributed by atoms with Crippen LogP contribution in [0.1, 0.15) is 16.7 Å². The first-order valence-electron chi connectivity index (χ1n) is 9.85. The van der Waals surface area contributed by atoms with Crippen molar-refractivity contribution in [1.82, 2.24) is 0 Å². The number of anilines is 2. The number of aliphatic carboxylic acids is 1. The van der Waals surface area contributed by atoms with Crippen molar-refractivity contribution in [3.8, 4) is 17.2 Å². The highest BCUT2D eigenvalue weighted by Gasteiger charge is 2.17. The summed E-state index contributed by atoms with van der Waals surface area (Å²) in [6.45, 7) is 3.37. The Morgan fingerprint density at radius 1 is 1.00 bits per heavy atom. The largest absolute Gasteiger partial charge is 0.506 e. The molecular weight excluding hydrogens is 467 g/mol. The van der Waals surface area contributed by atoms with Crippen molar-refractivity contribution in [2.45, 2.75) is 19.6 Å². The van der Waals surface area contributed by atoms with E-state index in [2.05, 4.69) is 10.0 Å². The summed E-state index contributed by atoms with van der Waals surface area (Å²) < 4.78 is 46.3. The van der Waals surface area contributed by atoms with Crippen LogP contribution in [-0.4, -0.2) is 30.5 Å². The average Bonchev–Trinajstić information content (AvgIpc) is 2.74. The minimum Gasteiger partial charge on any atom is -0.506 e. The highest BCUT2D eigenvalue weighted by Crippen LogP contribution is 2.35. The Labute approximate surface area is 194 Å². The molecule has 9 nitrogen and oxygen atoms in total. The standard InChI is InChI=1S/C23H21FN2O7S/c1-13-9-17(25-22(28)23(29)30)10-14(2)21(13)33-18-7-8-20(27)19(11-18)26-34(31,32)12-15-3-5-16(24)6-4-15/h3-11,26-27H,12H2,1-2H3,(H,25,28)(H,29,30). The van der Waals surface area contributed by atoms with Crippen LogP contribution in [0.2, 0.25) is 0 Å². The van der Waals surface area contributed by atoms with E-state index in [1.54, 1.807) is 13.8 Å². The van der Waals surface area contributed by atoms with Gasteiger partial charge in [-0.05, 0) is 66.9 Å². The minimum absolute atomic E-state index is 0.111. The molecule has 0 unspecified atom stereocenters. The average molecular weight is 488 g/mol. The zero-order valence-electron chi connectivity index (χ0n) is 18.1. The van der Waals surface area contributed by atoms with Crippen LogP contribution in [0.25, 0.3) is 0 Å². The molecule has 34 heavy (non-hydrogen) atoms. The van der Waals surface area contributed by atoms with Crippen LogP contribution in [0.4, 0.5) is 15.8 Å². The van der Waals surface area contributed by atoms with E-state index in [0.717, 1.165) is 12.1 Å². The Morgan fingerprint density at radius 2 is 1.62 bits per heavy atom. The third-order valence-electron chi connectivity index (χ3n) is 4.64. The van der Waals surface area contributed by atoms with E-state index >= 15 is 0 Å². The van der Waals surface area contributed by atoms with Gasteiger partial charge in [0.15, 0.2) is 0 Å². The molecule has 1 amide bonds. The van der Waals surface area contributed by atoms with Gasteiger partial charge in [-0.3, -0.25) is 9.52 Å². The van der Waals surface area contributed by atoms with Gasteiger partial charge in [0.05, 0.1) is 11.4 Å². The summed E-state index contributed by atoms with van der Waals surface area (Å²) >= 11 is 0. The number of rotatable bonds is 7. The summed E-state index contributed by atoms with van der Waals surface area (Å²) in [6.07, 6.45) is 0. The van der Waals surface area contributed by atoms with E-state index < -0.39 is 33.5 Å². The Kier molecular flexibility index (Phi) is 7.06. The lowest BCUT2D eigenvalue weighted by Gasteiger charge is -2.16. The van der Waals surface area contributed by atoms with Gasteiger partial charge < -0.3 is 20.3 Å². The van der Waals surface area contributed by atoms with Gasteiger partial charge in [-0.2, -0.15) is 0 Å². The lowest BCUT2D eigenvalue weighted by Crippen LogP contribution is -2.21. The molecule has 178 valence electrons. The minimum atomic E-state index is -3.93. The molecule has 0 spiro atoms. The van der Waals surface area contributed by atoms with Crippen molar-refractivity contribution in [3.63, 3.8) is 0 Å². The van der Waals surface area contributed by atoms with Crippen LogP contribution < -0.4 is 14.8 Å². The molecule has 0 aliphatic carbocycles. The van der Waals surface area contributed by atoms with Crippen LogP contribution in [0.3, 0.4) is 0 Å². The molecule has 0 fully saturated rings. The molecule has 0 aliphatic heterocycles. The number of ether oxygens (including phenoxy) is 1. The third kappa shape index (κ3) is 6.23. The van der Waals surface area contributed by atoms with Crippen LogP contribution in [-0.2, 0) is 25.4 Å². The fraction of sp³-hybridized carbons (Fsp3) is 0.130. The number of carbonyl (C=O) groups excluding carboxylic acids is 1. The number of phenolic OH excluding ortho intramolecular Hbond substituents is 1. The molecule has 0 heterocycles. The van der Waals surface area contributed by atoms with Gasteiger partial charge >= 0.3 is 11.9 Å². The number of sulfonamides is 1. The molecule has 3 aromatic carbocycles. The Bertz CT molecular complexity index is 1330. The zero-order valence-corrected chi connectivity index (χ0v) is 18.9. The molecule has 0 aliphatic rings. The van der Waals surface area contributed by atoms with Gasteiger partial charge in [-0.1, -0.05) is 12.1 Å². The maximum Gasteiger partial charge on any atom is 0.394 e. The lowest BCUT2D eigenvalue weighted by molar-refractivity contribution is -0.147. The number of carboxylic acids is 1. The van der Waals surface area contributed by atoms with E-state index in [4.69, 9.17) is 9.84 Å².